The van der Waals surface area contributed by atoms with Crippen LogP contribution in [0.15, 0.2) is 24.3 Å². The SMILES string of the molecule is Cc1cccc(-c2cc(O)[nH]c2O)c1C. The van der Waals surface area contributed by atoms with Crippen molar-refractivity contribution in [3.63, 3.8) is 0 Å². The van der Waals surface area contributed by atoms with Crippen molar-refractivity contribution < 1.29 is 10.2 Å². The fourth-order valence-electron chi connectivity index (χ4n) is 1.68. The lowest BCUT2D eigenvalue weighted by Crippen LogP contribution is -1.85. The number of aryl methyl sites for hydroxylation is 1. The first-order valence-corrected chi connectivity index (χ1v) is 4.77. The zero-order valence-corrected chi connectivity index (χ0v) is 8.70. The smallest absolute Gasteiger partial charge is 0.199 e. The summed E-state index contributed by atoms with van der Waals surface area (Å²) in [4.78, 5) is 2.46. The van der Waals surface area contributed by atoms with Crippen molar-refractivity contribution in [3.8, 4) is 22.9 Å². The average Bonchev–Trinajstić information content (AvgIpc) is 2.50. The molecule has 15 heavy (non-hydrogen) atoms. The highest BCUT2D eigenvalue weighted by atomic mass is 16.3. The molecule has 3 nitrogen and oxygen atoms in total. The first kappa shape index (κ1) is 9.65. The van der Waals surface area contributed by atoms with Gasteiger partial charge >= 0.3 is 0 Å². The van der Waals surface area contributed by atoms with Crippen LogP contribution in [0.4, 0.5) is 0 Å². The molecule has 1 aromatic carbocycles. The summed E-state index contributed by atoms with van der Waals surface area (Å²) >= 11 is 0. The van der Waals surface area contributed by atoms with Gasteiger partial charge in [0, 0.05) is 11.6 Å². The van der Waals surface area contributed by atoms with Crippen LogP contribution in [0.2, 0.25) is 0 Å². The molecular weight excluding hydrogens is 190 g/mol. The van der Waals surface area contributed by atoms with E-state index in [9.17, 15) is 10.2 Å². The van der Waals surface area contributed by atoms with E-state index in [0.717, 1.165) is 16.7 Å². The summed E-state index contributed by atoms with van der Waals surface area (Å²) in [7, 11) is 0. The van der Waals surface area contributed by atoms with Crippen molar-refractivity contribution in [2.75, 3.05) is 0 Å². The number of hydrogen-bond donors (Lipinski definition) is 3. The Bertz CT molecular complexity index is 500. The van der Waals surface area contributed by atoms with Crippen molar-refractivity contribution in [1.29, 1.82) is 0 Å². The molecule has 0 saturated carbocycles. The fourth-order valence-corrected chi connectivity index (χ4v) is 1.68. The highest BCUT2D eigenvalue weighted by molar-refractivity contribution is 5.74. The second kappa shape index (κ2) is 3.35. The summed E-state index contributed by atoms with van der Waals surface area (Å²) in [6.07, 6.45) is 0. The van der Waals surface area contributed by atoms with E-state index in [-0.39, 0.29) is 11.8 Å². The predicted molar refractivity (Wildman–Crippen MR) is 59.0 cm³/mol. The van der Waals surface area contributed by atoms with Crippen LogP contribution in [0.3, 0.4) is 0 Å². The fraction of sp³-hybridized carbons (Fsp3) is 0.167. The average molecular weight is 203 g/mol. The highest BCUT2D eigenvalue weighted by Gasteiger charge is 2.11. The van der Waals surface area contributed by atoms with Crippen LogP contribution in [-0.2, 0) is 0 Å². The van der Waals surface area contributed by atoms with Gasteiger partial charge in [-0.3, -0.25) is 4.98 Å². The molecule has 2 aromatic rings. The van der Waals surface area contributed by atoms with Gasteiger partial charge in [0.25, 0.3) is 0 Å². The number of aromatic hydroxyl groups is 2. The summed E-state index contributed by atoms with van der Waals surface area (Å²) in [6.45, 7) is 4.01. The number of rotatable bonds is 1. The minimum absolute atomic E-state index is 0.00111. The van der Waals surface area contributed by atoms with Gasteiger partial charge in [-0.1, -0.05) is 18.2 Å². The van der Waals surface area contributed by atoms with Gasteiger partial charge < -0.3 is 10.2 Å². The molecule has 1 aromatic heterocycles. The first-order chi connectivity index (χ1) is 7.09. The molecule has 0 spiro atoms. The Morgan fingerprint density at radius 3 is 2.40 bits per heavy atom. The highest BCUT2D eigenvalue weighted by Crippen LogP contribution is 2.34. The zero-order chi connectivity index (χ0) is 11.0. The third-order valence-corrected chi connectivity index (χ3v) is 2.68. The number of H-pyrrole nitrogens is 1. The van der Waals surface area contributed by atoms with E-state index in [2.05, 4.69) is 4.98 Å². The summed E-state index contributed by atoms with van der Waals surface area (Å²) in [5.74, 6) is -0.0235. The second-order valence-electron chi connectivity index (χ2n) is 3.66. The monoisotopic (exact) mass is 203 g/mol. The zero-order valence-electron chi connectivity index (χ0n) is 8.70. The number of aromatic nitrogens is 1. The molecule has 3 N–H and O–H groups in total. The van der Waals surface area contributed by atoms with Crippen LogP contribution in [-0.4, -0.2) is 15.2 Å². The molecule has 2 rings (SSSR count). The van der Waals surface area contributed by atoms with Gasteiger partial charge in [-0.15, -0.1) is 0 Å². The Balaban J connectivity index is 2.64. The van der Waals surface area contributed by atoms with Crippen LogP contribution in [0.5, 0.6) is 11.8 Å². The maximum atomic E-state index is 9.58. The molecule has 0 unspecified atom stereocenters. The molecule has 0 fully saturated rings. The van der Waals surface area contributed by atoms with Crippen molar-refractivity contribution in [1.82, 2.24) is 4.98 Å². The quantitative estimate of drug-likeness (QED) is 0.667. The van der Waals surface area contributed by atoms with E-state index >= 15 is 0 Å². The molecule has 0 aliphatic carbocycles. The van der Waals surface area contributed by atoms with Crippen molar-refractivity contribution in [3.05, 3.63) is 35.4 Å². The number of nitrogens with one attached hydrogen (secondary N) is 1. The Kier molecular flexibility index (Phi) is 2.15. The van der Waals surface area contributed by atoms with Gasteiger partial charge in [0.2, 0.25) is 0 Å². The second-order valence-corrected chi connectivity index (χ2v) is 3.66. The van der Waals surface area contributed by atoms with Gasteiger partial charge in [0.1, 0.15) is 0 Å². The molecule has 78 valence electrons. The van der Waals surface area contributed by atoms with Gasteiger partial charge in [-0.2, -0.15) is 0 Å². The Morgan fingerprint density at radius 2 is 1.80 bits per heavy atom. The van der Waals surface area contributed by atoms with E-state index in [1.54, 1.807) is 0 Å². The Hall–Kier alpha value is -1.90. The van der Waals surface area contributed by atoms with Crippen LogP contribution in [0.25, 0.3) is 11.1 Å². The minimum Gasteiger partial charge on any atom is -0.494 e. The largest absolute Gasteiger partial charge is 0.494 e. The molecule has 0 atom stereocenters. The summed E-state index contributed by atoms with van der Waals surface area (Å²) in [6, 6.07) is 7.39. The third-order valence-electron chi connectivity index (χ3n) is 2.68. The van der Waals surface area contributed by atoms with Gasteiger partial charge in [-0.05, 0) is 30.5 Å². The maximum Gasteiger partial charge on any atom is 0.199 e. The normalized spacial score (nSPS) is 10.5. The Labute approximate surface area is 88.0 Å². The van der Waals surface area contributed by atoms with E-state index in [4.69, 9.17) is 0 Å². The summed E-state index contributed by atoms with van der Waals surface area (Å²) in [5.41, 5.74) is 3.83. The van der Waals surface area contributed by atoms with E-state index in [0.29, 0.717) is 5.56 Å². The third kappa shape index (κ3) is 1.56. The van der Waals surface area contributed by atoms with E-state index in [1.807, 2.05) is 32.0 Å². The first-order valence-electron chi connectivity index (χ1n) is 4.77. The Morgan fingerprint density at radius 1 is 1.07 bits per heavy atom. The summed E-state index contributed by atoms with van der Waals surface area (Å²) < 4.78 is 0. The number of aromatic amines is 1. The van der Waals surface area contributed by atoms with Crippen LogP contribution in [0, 0.1) is 13.8 Å². The molecular formula is C12H13NO2. The van der Waals surface area contributed by atoms with Gasteiger partial charge in [0.15, 0.2) is 11.8 Å². The predicted octanol–water partition coefficient (Wildman–Crippen LogP) is 2.71. The van der Waals surface area contributed by atoms with Crippen molar-refractivity contribution in [2.24, 2.45) is 0 Å². The lowest BCUT2D eigenvalue weighted by molar-refractivity contribution is 0.426. The topological polar surface area (TPSA) is 56.2 Å². The molecule has 0 aliphatic heterocycles. The van der Waals surface area contributed by atoms with Gasteiger partial charge in [0.05, 0.1) is 0 Å². The van der Waals surface area contributed by atoms with Crippen LogP contribution in [0.1, 0.15) is 11.1 Å². The molecule has 0 aliphatic rings. The molecule has 0 radical (unpaired) electrons. The molecule has 1 heterocycles. The molecule has 0 bridgehead atoms. The number of benzene rings is 1. The lowest BCUT2D eigenvalue weighted by Gasteiger charge is -2.06. The lowest BCUT2D eigenvalue weighted by atomic mass is 9.99. The van der Waals surface area contributed by atoms with Gasteiger partial charge in [-0.25, -0.2) is 0 Å². The van der Waals surface area contributed by atoms with Crippen LogP contribution >= 0.6 is 0 Å². The van der Waals surface area contributed by atoms with E-state index < -0.39 is 0 Å². The van der Waals surface area contributed by atoms with Crippen molar-refractivity contribution >= 4 is 0 Å². The van der Waals surface area contributed by atoms with E-state index in [1.165, 1.54) is 6.07 Å². The molecule has 0 amide bonds. The molecule has 3 heteroatoms. The molecule has 0 saturated heterocycles. The van der Waals surface area contributed by atoms with Crippen LogP contribution < -0.4 is 0 Å². The maximum absolute atomic E-state index is 9.58. The standard InChI is InChI=1S/C12H13NO2/c1-7-4-3-5-9(8(7)2)10-6-11(14)13-12(10)15/h3-6,13-15H,1-2H3. The number of hydrogen-bond acceptors (Lipinski definition) is 2. The minimum atomic E-state index is -0.0246. The summed E-state index contributed by atoms with van der Waals surface area (Å²) in [5, 5.41) is 18.8. The van der Waals surface area contributed by atoms with Crippen molar-refractivity contribution in [2.45, 2.75) is 13.8 Å².